The second-order valence-corrected chi connectivity index (χ2v) is 3.23. The van der Waals surface area contributed by atoms with E-state index < -0.39 is 0 Å². The van der Waals surface area contributed by atoms with Gasteiger partial charge in [-0.1, -0.05) is 0 Å². The molecule has 0 aliphatic carbocycles. The molecule has 0 radical (unpaired) electrons. The van der Waals surface area contributed by atoms with Crippen molar-refractivity contribution in [2.75, 3.05) is 13.7 Å². The molecule has 0 aliphatic rings. The van der Waals surface area contributed by atoms with Crippen LogP contribution in [0.3, 0.4) is 0 Å². The molecule has 0 bridgehead atoms. The molecule has 0 fully saturated rings. The van der Waals surface area contributed by atoms with Crippen LogP contribution >= 0.6 is 0 Å². The summed E-state index contributed by atoms with van der Waals surface area (Å²) in [7, 11) is 3.29. The van der Waals surface area contributed by atoms with Gasteiger partial charge in [0, 0.05) is 13.6 Å². The molecule has 84 valence electrons. The van der Waals surface area contributed by atoms with Crippen LogP contribution in [0.5, 0.6) is 0 Å². The number of nitrogens with zero attached hydrogens (tertiary/aromatic N) is 3. The van der Waals surface area contributed by atoms with Crippen molar-refractivity contribution in [2.24, 2.45) is 7.05 Å². The minimum atomic E-state index is -0.211. The van der Waals surface area contributed by atoms with Crippen molar-refractivity contribution in [1.29, 1.82) is 0 Å². The topological polar surface area (TPSA) is 69.0 Å². The van der Waals surface area contributed by atoms with Gasteiger partial charge in [0.05, 0.1) is 20.1 Å². The molecule has 1 N–H and O–H groups in total. The molecule has 0 amide bonds. The Morgan fingerprint density at radius 3 is 2.80 bits per heavy atom. The Kier molecular flexibility index (Phi) is 4.23. The number of carbonyl (C=O) groups is 1. The summed E-state index contributed by atoms with van der Waals surface area (Å²) in [5.41, 5.74) is 0. The van der Waals surface area contributed by atoms with E-state index in [1.165, 1.54) is 7.11 Å². The summed E-state index contributed by atoms with van der Waals surface area (Å²) in [5.74, 6) is 1.52. The van der Waals surface area contributed by atoms with Crippen LogP contribution in [0, 0.1) is 6.92 Å². The number of hydrogen-bond donors (Lipinski definition) is 1. The molecule has 1 aromatic rings. The fourth-order valence-electron chi connectivity index (χ4n) is 1.10. The second kappa shape index (κ2) is 5.45. The average molecular weight is 212 g/mol. The van der Waals surface area contributed by atoms with Crippen LogP contribution in [-0.4, -0.2) is 34.4 Å². The maximum atomic E-state index is 10.8. The second-order valence-electron chi connectivity index (χ2n) is 3.23. The number of carbonyl (C=O) groups excluding carboxylic acids is 1. The molecule has 6 heteroatoms. The van der Waals surface area contributed by atoms with Gasteiger partial charge in [-0.15, -0.1) is 10.2 Å². The maximum absolute atomic E-state index is 10.8. The molecular weight excluding hydrogens is 196 g/mol. The Balaban J connectivity index is 2.26. The van der Waals surface area contributed by atoms with E-state index in [-0.39, 0.29) is 5.97 Å². The first kappa shape index (κ1) is 11.6. The number of aryl methyl sites for hydroxylation is 1. The lowest BCUT2D eigenvalue weighted by atomic mass is 10.4. The van der Waals surface area contributed by atoms with Gasteiger partial charge in [-0.05, 0) is 6.92 Å². The van der Waals surface area contributed by atoms with Gasteiger partial charge in [-0.2, -0.15) is 0 Å². The van der Waals surface area contributed by atoms with Crippen molar-refractivity contribution in [2.45, 2.75) is 19.9 Å². The first-order valence-corrected chi connectivity index (χ1v) is 4.77. The van der Waals surface area contributed by atoms with Crippen molar-refractivity contribution in [3.05, 3.63) is 11.6 Å². The van der Waals surface area contributed by atoms with Gasteiger partial charge >= 0.3 is 5.97 Å². The largest absolute Gasteiger partial charge is 0.469 e. The summed E-state index contributed by atoms with van der Waals surface area (Å²) in [6, 6.07) is 0. The number of nitrogens with one attached hydrogen (secondary N) is 1. The minimum Gasteiger partial charge on any atom is -0.469 e. The van der Waals surface area contributed by atoms with Crippen molar-refractivity contribution in [3.8, 4) is 0 Å². The van der Waals surface area contributed by atoms with Crippen LogP contribution in [0.15, 0.2) is 0 Å². The monoisotopic (exact) mass is 212 g/mol. The van der Waals surface area contributed by atoms with Gasteiger partial charge in [-0.25, -0.2) is 0 Å². The smallest absolute Gasteiger partial charge is 0.306 e. The van der Waals surface area contributed by atoms with Crippen LogP contribution < -0.4 is 5.32 Å². The van der Waals surface area contributed by atoms with Crippen LogP contribution in [0.25, 0.3) is 0 Å². The zero-order valence-corrected chi connectivity index (χ0v) is 9.28. The zero-order chi connectivity index (χ0) is 11.3. The Hall–Kier alpha value is -1.43. The molecule has 0 aromatic carbocycles. The van der Waals surface area contributed by atoms with Gasteiger partial charge in [0.15, 0.2) is 0 Å². The molecule has 6 nitrogen and oxygen atoms in total. The van der Waals surface area contributed by atoms with E-state index in [2.05, 4.69) is 20.3 Å². The quantitative estimate of drug-likeness (QED) is 0.539. The van der Waals surface area contributed by atoms with E-state index in [1.54, 1.807) is 0 Å². The van der Waals surface area contributed by atoms with E-state index >= 15 is 0 Å². The summed E-state index contributed by atoms with van der Waals surface area (Å²) in [6.45, 7) is 3.08. The molecule has 1 aromatic heterocycles. The van der Waals surface area contributed by atoms with E-state index in [1.807, 2.05) is 18.5 Å². The SMILES string of the molecule is COC(=O)CCNCc1nnc(C)n1C. The molecule has 0 saturated carbocycles. The summed E-state index contributed by atoms with van der Waals surface area (Å²) in [4.78, 5) is 10.8. The summed E-state index contributed by atoms with van der Waals surface area (Å²) in [5, 5.41) is 11.0. The van der Waals surface area contributed by atoms with Gasteiger partial charge in [-0.3, -0.25) is 4.79 Å². The lowest BCUT2D eigenvalue weighted by molar-refractivity contribution is -0.140. The fourth-order valence-corrected chi connectivity index (χ4v) is 1.10. The number of ether oxygens (including phenoxy) is 1. The Bertz CT molecular complexity index is 335. The van der Waals surface area contributed by atoms with Gasteiger partial charge in [0.1, 0.15) is 11.6 Å². The zero-order valence-electron chi connectivity index (χ0n) is 9.28. The van der Waals surface area contributed by atoms with Gasteiger partial charge in [0.25, 0.3) is 0 Å². The summed E-state index contributed by atoms with van der Waals surface area (Å²) < 4.78 is 6.43. The standard InChI is InChI=1S/C9H16N4O2/c1-7-11-12-8(13(7)2)6-10-5-4-9(14)15-3/h10H,4-6H2,1-3H3. The third kappa shape index (κ3) is 3.32. The van der Waals surface area contributed by atoms with Crippen LogP contribution in [0.4, 0.5) is 0 Å². The molecule has 0 saturated heterocycles. The molecule has 1 heterocycles. The molecule has 0 atom stereocenters. The van der Waals surface area contributed by atoms with Crippen LogP contribution in [0.2, 0.25) is 0 Å². The third-order valence-corrected chi connectivity index (χ3v) is 2.20. The van der Waals surface area contributed by atoms with Gasteiger partial charge in [0.2, 0.25) is 0 Å². The highest BCUT2D eigenvalue weighted by molar-refractivity contribution is 5.69. The maximum Gasteiger partial charge on any atom is 0.306 e. The lowest BCUT2D eigenvalue weighted by Gasteiger charge is -2.03. The number of hydrogen-bond acceptors (Lipinski definition) is 5. The van der Waals surface area contributed by atoms with E-state index in [4.69, 9.17) is 0 Å². The normalized spacial score (nSPS) is 10.3. The number of aromatic nitrogens is 3. The number of esters is 1. The highest BCUT2D eigenvalue weighted by Crippen LogP contribution is 1.96. The van der Waals surface area contributed by atoms with Crippen molar-refractivity contribution >= 4 is 5.97 Å². The highest BCUT2D eigenvalue weighted by atomic mass is 16.5. The Morgan fingerprint density at radius 2 is 2.27 bits per heavy atom. The van der Waals surface area contributed by atoms with E-state index in [0.29, 0.717) is 19.5 Å². The van der Waals surface area contributed by atoms with Crippen molar-refractivity contribution < 1.29 is 9.53 Å². The minimum absolute atomic E-state index is 0.211. The van der Waals surface area contributed by atoms with E-state index in [9.17, 15) is 4.79 Å². The fraction of sp³-hybridized carbons (Fsp3) is 0.667. The number of rotatable bonds is 5. The predicted octanol–water partition coefficient (Wildman–Crippen LogP) is -0.224. The molecule has 1 rings (SSSR count). The molecule has 0 aliphatic heterocycles. The first-order chi connectivity index (χ1) is 7.15. The van der Waals surface area contributed by atoms with Crippen LogP contribution in [0.1, 0.15) is 18.1 Å². The summed E-state index contributed by atoms with van der Waals surface area (Å²) >= 11 is 0. The Labute approximate surface area is 88.6 Å². The molecular formula is C9H16N4O2. The molecule has 15 heavy (non-hydrogen) atoms. The lowest BCUT2D eigenvalue weighted by Crippen LogP contribution is -2.20. The number of methoxy groups -OCH3 is 1. The van der Waals surface area contributed by atoms with E-state index in [0.717, 1.165) is 11.6 Å². The Morgan fingerprint density at radius 1 is 1.53 bits per heavy atom. The summed E-state index contributed by atoms with van der Waals surface area (Å²) in [6.07, 6.45) is 0.368. The van der Waals surface area contributed by atoms with Crippen molar-refractivity contribution in [3.63, 3.8) is 0 Å². The van der Waals surface area contributed by atoms with Crippen molar-refractivity contribution in [1.82, 2.24) is 20.1 Å². The third-order valence-electron chi connectivity index (χ3n) is 2.20. The molecule has 0 unspecified atom stereocenters. The first-order valence-electron chi connectivity index (χ1n) is 4.77. The van der Waals surface area contributed by atoms with Crippen LogP contribution in [-0.2, 0) is 23.1 Å². The van der Waals surface area contributed by atoms with Gasteiger partial charge < -0.3 is 14.6 Å². The predicted molar refractivity (Wildman–Crippen MR) is 54.1 cm³/mol. The highest BCUT2D eigenvalue weighted by Gasteiger charge is 2.04. The average Bonchev–Trinajstić information content (AvgIpc) is 2.55. The molecule has 0 spiro atoms.